The Hall–Kier alpha value is -2.28. The molecule has 0 unspecified atom stereocenters. The summed E-state index contributed by atoms with van der Waals surface area (Å²) >= 11 is 0. The molecule has 0 bridgehead atoms. The Morgan fingerprint density at radius 2 is 1.64 bits per heavy atom. The first-order valence-electron chi connectivity index (χ1n) is 8.17. The molecule has 1 fully saturated rings. The van der Waals surface area contributed by atoms with Gasteiger partial charge in [0, 0.05) is 25.0 Å². The summed E-state index contributed by atoms with van der Waals surface area (Å²) in [4.78, 5) is 2.33. The number of halogens is 1. The molecule has 130 valence electrons. The van der Waals surface area contributed by atoms with Crippen molar-refractivity contribution >= 4 is 12.4 Å². The van der Waals surface area contributed by atoms with Gasteiger partial charge in [-0.1, -0.05) is 48.5 Å². The Balaban J connectivity index is 0.00000182. The maximum absolute atomic E-state index is 6.38. The molecule has 1 aliphatic heterocycles. The third-order valence-electron chi connectivity index (χ3n) is 4.57. The number of nitrogens with two attached hydrogens (primary N) is 1. The van der Waals surface area contributed by atoms with Crippen LogP contribution in [0.25, 0.3) is 5.69 Å². The van der Waals surface area contributed by atoms with Crippen LogP contribution in [-0.4, -0.2) is 44.2 Å². The number of hydrogen-bond donors (Lipinski definition) is 1. The van der Waals surface area contributed by atoms with E-state index in [0.29, 0.717) is 12.5 Å². The molecule has 2 heterocycles. The van der Waals surface area contributed by atoms with Crippen molar-refractivity contribution in [2.75, 3.05) is 13.1 Å². The van der Waals surface area contributed by atoms with Crippen LogP contribution in [-0.2, 0) is 6.54 Å². The molecule has 3 aromatic rings. The maximum Gasteiger partial charge on any atom is 0.170 e. The van der Waals surface area contributed by atoms with E-state index in [9.17, 15) is 0 Å². The predicted octanol–water partition coefficient (Wildman–Crippen LogP) is 2.01. The lowest BCUT2D eigenvalue weighted by atomic mass is 9.95. The number of benzene rings is 2. The van der Waals surface area contributed by atoms with E-state index in [1.54, 1.807) is 4.68 Å². The molecule has 0 spiro atoms. The van der Waals surface area contributed by atoms with Gasteiger partial charge in [-0.25, -0.2) is 0 Å². The average Bonchev–Trinajstić information content (AvgIpc) is 3.23. The van der Waals surface area contributed by atoms with Gasteiger partial charge in [-0.15, -0.1) is 17.5 Å². The zero-order chi connectivity index (χ0) is 16.4. The van der Waals surface area contributed by atoms with Gasteiger partial charge in [-0.2, -0.15) is 4.68 Å². The summed E-state index contributed by atoms with van der Waals surface area (Å²) in [7, 11) is 0. The number of hydrogen-bond acceptors (Lipinski definition) is 5. The van der Waals surface area contributed by atoms with Crippen LogP contribution in [0.15, 0.2) is 60.7 Å². The zero-order valence-electron chi connectivity index (χ0n) is 13.8. The van der Waals surface area contributed by atoms with Gasteiger partial charge in [0.05, 0.1) is 12.2 Å². The number of aromatic nitrogens is 4. The third kappa shape index (κ3) is 3.71. The maximum atomic E-state index is 6.38. The van der Waals surface area contributed by atoms with E-state index in [-0.39, 0.29) is 18.4 Å². The van der Waals surface area contributed by atoms with Crippen molar-refractivity contribution in [3.05, 3.63) is 72.1 Å². The summed E-state index contributed by atoms with van der Waals surface area (Å²) < 4.78 is 1.79. The van der Waals surface area contributed by atoms with Crippen LogP contribution in [0.5, 0.6) is 0 Å². The van der Waals surface area contributed by atoms with Crippen LogP contribution >= 0.6 is 12.4 Å². The molecule has 4 rings (SSSR count). The van der Waals surface area contributed by atoms with Crippen molar-refractivity contribution in [2.45, 2.75) is 18.5 Å². The molecular weight excluding hydrogens is 336 g/mol. The zero-order valence-corrected chi connectivity index (χ0v) is 14.6. The van der Waals surface area contributed by atoms with Crippen LogP contribution < -0.4 is 5.73 Å². The molecule has 2 N–H and O–H groups in total. The molecule has 0 radical (unpaired) electrons. The van der Waals surface area contributed by atoms with Gasteiger partial charge in [0.15, 0.2) is 5.82 Å². The van der Waals surface area contributed by atoms with E-state index in [2.05, 4.69) is 44.7 Å². The SMILES string of the molecule is Cl.N[C@@H]1CN(Cc2nnnn2-c2ccccc2)C[C@H]1c1ccccc1. The van der Waals surface area contributed by atoms with E-state index in [4.69, 9.17) is 5.73 Å². The fourth-order valence-corrected chi connectivity index (χ4v) is 3.37. The normalized spacial score (nSPS) is 20.4. The summed E-state index contributed by atoms with van der Waals surface area (Å²) in [6.45, 7) is 2.47. The van der Waals surface area contributed by atoms with Crippen LogP contribution in [0.1, 0.15) is 17.3 Å². The molecule has 1 aromatic heterocycles. The largest absolute Gasteiger partial charge is 0.326 e. The van der Waals surface area contributed by atoms with Gasteiger partial charge in [-0.3, -0.25) is 4.90 Å². The molecule has 0 saturated carbocycles. The highest BCUT2D eigenvalue weighted by Gasteiger charge is 2.32. The minimum Gasteiger partial charge on any atom is -0.326 e. The minimum absolute atomic E-state index is 0. The van der Waals surface area contributed by atoms with Gasteiger partial charge < -0.3 is 5.73 Å². The third-order valence-corrected chi connectivity index (χ3v) is 4.57. The highest BCUT2D eigenvalue weighted by atomic mass is 35.5. The van der Waals surface area contributed by atoms with Crippen LogP contribution in [0.2, 0.25) is 0 Å². The Morgan fingerprint density at radius 1 is 0.960 bits per heavy atom. The molecule has 0 amide bonds. The fraction of sp³-hybridized carbons (Fsp3) is 0.278. The van der Waals surface area contributed by atoms with E-state index in [1.807, 2.05) is 36.4 Å². The second kappa shape index (κ2) is 7.74. The standard InChI is InChI=1S/C18H20N6.ClH/c19-17-12-23(11-16(17)14-7-3-1-4-8-14)13-18-20-21-22-24(18)15-9-5-2-6-10-15;/h1-10,16-17H,11-13,19H2;1H/t16-,17+;/m0./s1. The highest BCUT2D eigenvalue weighted by molar-refractivity contribution is 5.85. The van der Waals surface area contributed by atoms with Crippen molar-refractivity contribution in [1.82, 2.24) is 25.1 Å². The van der Waals surface area contributed by atoms with E-state index in [1.165, 1.54) is 5.56 Å². The second-order valence-corrected chi connectivity index (χ2v) is 6.22. The van der Waals surface area contributed by atoms with Crippen LogP contribution in [0, 0.1) is 0 Å². The number of tetrazole rings is 1. The Bertz CT molecular complexity index is 792. The smallest absolute Gasteiger partial charge is 0.170 e. The van der Waals surface area contributed by atoms with Crippen molar-refractivity contribution in [3.8, 4) is 5.69 Å². The fourth-order valence-electron chi connectivity index (χ4n) is 3.37. The van der Waals surface area contributed by atoms with Crippen molar-refractivity contribution < 1.29 is 0 Å². The topological polar surface area (TPSA) is 72.9 Å². The van der Waals surface area contributed by atoms with Gasteiger partial charge in [0.2, 0.25) is 0 Å². The molecule has 25 heavy (non-hydrogen) atoms. The number of nitrogens with zero attached hydrogens (tertiary/aromatic N) is 5. The summed E-state index contributed by atoms with van der Waals surface area (Å²) in [5, 5.41) is 12.2. The van der Waals surface area contributed by atoms with Gasteiger partial charge >= 0.3 is 0 Å². The molecule has 0 aliphatic carbocycles. The number of para-hydroxylation sites is 1. The monoisotopic (exact) mass is 356 g/mol. The van der Waals surface area contributed by atoms with Crippen LogP contribution in [0.4, 0.5) is 0 Å². The lowest BCUT2D eigenvalue weighted by Crippen LogP contribution is -2.29. The van der Waals surface area contributed by atoms with Crippen LogP contribution in [0.3, 0.4) is 0 Å². The molecule has 2 aromatic carbocycles. The highest BCUT2D eigenvalue weighted by Crippen LogP contribution is 2.27. The van der Waals surface area contributed by atoms with Gasteiger partial charge in [0.1, 0.15) is 0 Å². The van der Waals surface area contributed by atoms with Crippen molar-refractivity contribution in [1.29, 1.82) is 0 Å². The molecular formula is C18H21ClN6. The van der Waals surface area contributed by atoms with Gasteiger partial charge in [0.25, 0.3) is 0 Å². The minimum atomic E-state index is 0. The molecule has 6 nitrogen and oxygen atoms in total. The molecule has 7 heteroatoms. The average molecular weight is 357 g/mol. The lowest BCUT2D eigenvalue weighted by molar-refractivity contribution is 0.312. The Labute approximate surface area is 153 Å². The molecule has 2 atom stereocenters. The quantitative estimate of drug-likeness (QED) is 0.774. The first-order valence-corrected chi connectivity index (χ1v) is 8.17. The summed E-state index contributed by atoms with van der Waals surface area (Å²) in [5.74, 6) is 1.19. The molecule has 1 saturated heterocycles. The number of rotatable bonds is 4. The first-order chi connectivity index (χ1) is 11.8. The predicted molar refractivity (Wildman–Crippen MR) is 98.8 cm³/mol. The van der Waals surface area contributed by atoms with Crippen molar-refractivity contribution in [2.24, 2.45) is 5.73 Å². The van der Waals surface area contributed by atoms with E-state index in [0.717, 1.165) is 24.6 Å². The summed E-state index contributed by atoms with van der Waals surface area (Å²) in [6.07, 6.45) is 0. The lowest BCUT2D eigenvalue weighted by Gasteiger charge is -2.15. The van der Waals surface area contributed by atoms with Crippen molar-refractivity contribution in [3.63, 3.8) is 0 Å². The summed E-state index contributed by atoms with van der Waals surface area (Å²) in [6, 6.07) is 20.6. The second-order valence-electron chi connectivity index (χ2n) is 6.22. The van der Waals surface area contributed by atoms with E-state index < -0.39 is 0 Å². The molecule has 1 aliphatic rings. The first kappa shape index (κ1) is 17.5. The number of likely N-dealkylation sites (tertiary alicyclic amines) is 1. The summed E-state index contributed by atoms with van der Waals surface area (Å²) in [5.41, 5.74) is 8.65. The van der Waals surface area contributed by atoms with E-state index >= 15 is 0 Å². The Kier molecular flexibility index (Phi) is 5.43. The Morgan fingerprint density at radius 3 is 2.36 bits per heavy atom. The van der Waals surface area contributed by atoms with Gasteiger partial charge in [-0.05, 0) is 28.1 Å².